The Bertz CT molecular complexity index is 3210. The molecule has 0 saturated carbocycles. The predicted molar refractivity (Wildman–Crippen MR) is 284 cm³/mol. The normalized spacial score (nSPS) is 11.2. The van der Waals surface area contributed by atoms with E-state index >= 15 is 0 Å². The van der Waals surface area contributed by atoms with E-state index in [-0.39, 0.29) is 29.0 Å². The minimum absolute atomic E-state index is 0.213. The van der Waals surface area contributed by atoms with Crippen molar-refractivity contribution < 1.29 is 0 Å². The summed E-state index contributed by atoms with van der Waals surface area (Å²) >= 11 is 14.9. The summed E-state index contributed by atoms with van der Waals surface area (Å²) in [4.78, 5) is 14.0. The van der Waals surface area contributed by atoms with E-state index in [0.717, 1.165) is 68.2 Å². The molecule has 0 aliphatic carbocycles. The van der Waals surface area contributed by atoms with E-state index in [4.69, 9.17) is 23.2 Å². The van der Waals surface area contributed by atoms with Crippen LogP contribution in [0.2, 0.25) is 10.0 Å². The molecule has 0 spiro atoms. The van der Waals surface area contributed by atoms with Gasteiger partial charge in [-0.1, -0.05) is 0 Å². The van der Waals surface area contributed by atoms with E-state index in [1.165, 1.54) is 19.3 Å². The Hall–Kier alpha value is -6.72. The summed E-state index contributed by atoms with van der Waals surface area (Å²) in [6, 6.07) is 81.1. The number of nitrogens with zero attached hydrogens (tertiary/aromatic N) is 4. The molecule has 2 heterocycles. The van der Waals surface area contributed by atoms with Crippen molar-refractivity contribution in [2.24, 2.45) is 0 Å². The van der Waals surface area contributed by atoms with Crippen LogP contribution in [-0.2, 0) is 0 Å². The fourth-order valence-electron chi connectivity index (χ4n) is 8.74. The van der Waals surface area contributed by atoms with Gasteiger partial charge in [-0.05, 0) is 0 Å². The van der Waals surface area contributed by atoms with Crippen LogP contribution in [0, 0.1) is 0 Å². The van der Waals surface area contributed by atoms with Gasteiger partial charge in [0.1, 0.15) is 0 Å². The second kappa shape index (κ2) is 18.6. The Balaban J connectivity index is 1.06. The topological polar surface area (TPSA) is 13.0 Å². The van der Waals surface area contributed by atoms with E-state index in [2.05, 4.69) is 260 Å². The maximum absolute atomic E-state index is 7.23. The third-order valence-electron chi connectivity index (χ3n) is 11.6. The molecule has 9 aromatic carbocycles. The van der Waals surface area contributed by atoms with Crippen LogP contribution in [-0.4, -0.2) is 29.0 Å². The van der Waals surface area contributed by atoms with Crippen LogP contribution in [0.3, 0.4) is 0 Å². The zero-order valence-electron chi connectivity index (χ0n) is 35.5. The van der Waals surface area contributed by atoms with Gasteiger partial charge in [-0.2, -0.15) is 0 Å². The van der Waals surface area contributed by atoms with E-state index in [1.54, 1.807) is 0 Å². The van der Waals surface area contributed by atoms with Crippen LogP contribution in [0.4, 0.5) is 68.2 Å². The molecule has 0 atom stereocenters. The van der Waals surface area contributed by atoms with Crippen molar-refractivity contribution in [2.75, 3.05) is 19.6 Å². The summed E-state index contributed by atoms with van der Waals surface area (Å²) in [5.41, 5.74) is 12.2. The molecule has 0 amide bonds. The summed E-state index contributed by atoms with van der Waals surface area (Å²) in [6.45, 7) is 0. The molecule has 11 aromatic rings. The Morgan fingerprint density at radius 3 is 0.924 bits per heavy atom. The Morgan fingerprint density at radius 1 is 0.258 bits per heavy atom. The van der Waals surface area contributed by atoms with Crippen molar-refractivity contribution >= 4 is 140 Å². The van der Waals surface area contributed by atoms with Crippen molar-refractivity contribution in [1.29, 1.82) is 0 Å². The first-order chi connectivity index (χ1) is 32.6. The van der Waals surface area contributed by atoms with Crippen LogP contribution in [0.25, 0.3) is 19.3 Å². The van der Waals surface area contributed by atoms with E-state index in [1.807, 2.05) is 0 Å². The van der Waals surface area contributed by atoms with Gasteiger partial charge in [-0.25, -0.2) is 0 Å². The number of fused-ring (bicyclic) bond motifs is 2. The molecule has 0 fully saturated rings. The second-order valence-corrected chi connectivity index (χ2v) is 20.5. The van der Waals surface area contributed by atoms with Crippen LogP contribution in [0.15, 0.2) is 240 Å². The summed E-state index contributed by atoms with van der Waals surface area (Å²) in [6.07, 6.45) is 0. The Kier molecular flexibility index (Phi) is 11.8. The van der Waals surface area contributed by atoms with Gasteiger partial charge in [0, 0.05) is 0 Å². The molecule has 66 heavy (non-hydrogen) atoms. The molecule has 4 nitrogen and oxygen atoms in total. The molecule has 0 aliphatic heterocycles. The Labute approximate surface area is 406 Å². The maximum atomic E-state index is 7.23. The molecule has 0 aliphatic rings. The second-order valence-electron chi connectivity index (χ2n) is 15.8. The molecule has 0 bridgehead atoms. The van der Waals surface area contributed by atoms with Gasteiger partial charge in [0.2, 0.25) is 0 Å². The number of anilines is 12. The standard InChI is InChI=1S/C58H40Cl2N4Se2/c59-41-32-49(37-51(34-41)63(45-22-9-3-10-23-45)55-39-65-57-30-15-13-28-53(55)57)61(43-18-5-1-6-19-43)47-26-17-27-48(36-47)62(44-20-7-2-8-21-44)50-33-42(60)35-52(38-50)64(46-24-11-4-12-25-46)56-40-66-58-31-16-14-29-54(56)58/h1-40H. The minimum atomic E-state index is 0.213. The summed E-state index contributed by atoms with van der Waals surface area (Å²) in [5.74, 6) is 0. The van der Waals surface area contributed by atoms with Gasteiger partial charge in [-0.3, -0.25) is 0 Å². The van der Waals surface area contributed by atoms with Gasteiger partial charge >= 0.3 is 410 Å². The van der Waals surface area contributed by atoms with Crippen molar-refractivity contribution in [3.8, 4) is 0 Å². The van der Waals surface area contributed by atoms with E-state index in [0.29, 0.717) is 10.0 Å². The first-order valence-electron chi connectivity index (χ1n) is 21.6. The van der Waals surface area contributed by atoms with Crippen LogP contribution >= 0.6 is 23.2 Å². The number of para-hydroxylation sites is 4. The first kappa shape index (κ1) is 41.9. The fraction of sp³-hybridized carbons (Fsp3) is 0. The van der Waals surface area contributed by atoms with Crippen molar-refractivity contribution in [1.82, 2.24) is 0 Å². The number of rotatable bonds is 12. The molecule has 11 rings (SSSR count). The third kappa shape index (κ3) is 8.36. The SMILES string of the molecule is Clc1cc(N(c2ccccc2)c2cccc(N(c3ccccc3)c3cc(Cl)cc(N(c4ccccc4)c4c[se]c5ccccc45)c3)c2)cc(N(c2ccccc2)c2c[se]c3ccccc23)c1. The van der Waals surface area contributed by atoms with Crippen molar-refractivity contribution in [3.63, 3.8) is 0 Å². The van der Waals surface area contributed by atoms with Crippen LogP contribution in [0.1, 0.15) is 0 Å². The van der Waals surface area contributed by atoms with Gasteiger partial charge in [-0.15, -0.1) is 0 Å². The molecular formula is C58H40Cl2N4Se2. The predicted octanol–water partition coefficient (Wildman–Crippen LogP) is 17.3. The first-order valence-corrected chi connectivity index (χ1v) is 26.0. The fourth-order valence-corrected chi connectivity index (χ4v) is 13.1. The van der Waals surface area contributed by atoms with Crippen LogP contribution in [0.5, 0.6) is 0 Å². The molecule has 0 radical (unpaired) electrons. The van der Waals surface area contributed by atoms with Gasteiger partial charge in [0.05, 0.1) is 0 Å². The quantitative estimate of drug-likeness (QED) is 0.113. The molecule has 0 unspecified atom stereocenters. The van der Waals surface area contributed by atoms with Crippen molar-refractivity contribution in [3.05, 3.63) is 250 Å². The molecule has 318 valence electrons. The molecule has 2 aromatic heterocycles. The summed E-state index contributed by atoms with van der Waals surface area (Å²) in [7, 11) is 0. The number of hydrogen-bond acceptors (Lipinski definition) is 4. The van der Waals surface area contributed by atoms with Crippen molar-refractivity contribution in [2.45, 2.75) is 0 Å². The number of benzene rings is 9. The van der Waals surface area contributed by atoms with Gasteiger partial charge < -0.3 is 0 Å². The van der Waals surface area contributed by atoms with Gasteiger partial charge in [0.25, 0.3) is 0 Å². The zero-order valence-corrected chi connectivity index (χ0v) is 40.4. The number of hydrogen-bond donors (Lipinski definition) is 0. The molecule has 0 N–H and O–H groups in total. The molecule has 8 heteroatoms. The van der Waals surface area contributed by atoms with E-state index < -0.39 is 0 Å². The summed E-state index contributed by atoms with van der Waals surface area (Å²) in [5, 5.41) is 3.77. The monoisotopic (exact) mass is 1020 g/mol. The average molecular weight is 1020 g/mol. The third-order valence-corrected chi connectivity index (χ3v) is 16.0. The zero-order chi connectivity index (χ0) is 44.4. The van der Waals surface area contributed by atoms with E-state index in [9.17, 15) is 0 Å². The number of halogens is 2. The average Bonchev–Trinajstić information content (AvgIpc) is 3.98. The Morgan fingerprint density at radius 2 is 0.545 bits per heavy atom. The molecule has 0 saturated heterocycles. The van der Waals surface area contributed by atoms with Gasteiger partial charge in [0.15, 0.2) is 0 Å². The summed E-state index contributed by atoms with van der Waals surface area (Å²) < 4.78 is 2.74. The van der Waals surface area contributed by atoms with Crippen LogP contribution < -0.4 is 19.6 Å². The molecular weight excluding hydrogens is 981 g/mol.